The number of nitrogen functional groups attached to an aromatic ring is 1. The third kappa shape index (κ3) is 4.42. The van der Waals surface area contributed by atoms with Crippen LogP contribution >= 0.6 is 11.3 Å². The minimum absolute atomic E-state index is 0.365. The molecule has 2 aromatic heterocycles. The summed E-state index contributed by atoms with van der Waals surface area (Å²) in [4.78, 5) is 10.8. The molecule has 6 heteroatoms. The van der Waals surface area contributed by atoms with Gasteiger partial charge in [-0.15, -0.1) is 0 Å². The molecule has 3 N–H and O–H groups in total. The highest BCUT2D eigenvalue weighted by Gasteiger charge is 2.21. The van der Waals surface area contributed by atoms with Crippen molar-refractivity contribution in [2.75, 3.05) is 23.7 Å². The van der Waals surface area contributed by atoms with Gasteiger partial charge in [0.15, 0.2) is 0 Å². The SMILES string of the molecule is Cc1cc(N2CCC(N[C@@H](C)Cc3ccsc3)CC2)nc(N)n1. The zero-order chi connectivity index (χ0) is 16.2. The minimum Gasteiger partial charge on any atom is -0.368 e. The molecule has 1 fully saturated rings. The molecule has 0 aliphatic carbocycles. The lowest BCUT2D eigenvalue weighted by molar-refractivity contribution is 0.374. The van der Waals surface area contributed by atoms with Crippen molar-refractivity contribution in [3.05, 3.63) is 34.2 Å². The summed E-state index contributed by atoms with van der Waals surface area (Å²) >= 11 is 1.77. The van der Waals surface area contributed by atoms with E-state index in [1.54, 1.807) is 11.3 Å². The molecule has 124 valence electrons. The average molecular weight is 331 g/mol. The molecule has 0 bridgehead atoms. The Balaban J connectivity index is 1.50. The van der Waals surface area contributed by atoms with Gasteiger partial charge in [-0.1, -0.05) is 0 Å². The first kappa shape index (κ1) is 16.2. The quantitative estimate of drug-likeness (QED) is 0.881. The van der Waals surface area contributed by atoms with Crippen molar-refractivity contribution >= 4 is 23.1 Å². The lowest BCUT2D eigenvalue weighted by Crippen LogP contribution is -2.46. The molecule has 23 heavy (non-hydrogen) atoms. The fourth-order valence-electron chi connectivity index (χ4n) is 3.24. The number of rotatable bonds is 5. The van der Waals surface area contributed by atoms with Crippen molar-refractivity contribution in [2.45, 2.75) is 45.2 Å². The molecule has 1 atom stereocenters. The number of hydrogen-bond acceptors (Lipinski definition) is 6. The van der Waals surface area contributed by atoms with Crippen LogP contribution in [0.3, 0.4) is 0 Å². The van der Waals surface area contributed by atoms with Crippen molar-refractivity contribution < 1.29 is 0 Å². The van der Waals surface area contributed by atoms with Gasteiger partial charge < -0.3 is 16.0 Å². The predicted molar refractivity (Wildman–Crippen MR) is 97.0 cm³/mol. The number of nitrogens with one attached hydrogen (secondary N) is 1. The van der Waals surface area contributed by atoms with Gasteiger partial charge in [-0.05, 0) is 55.5 Å². The molecule has 1 aliphatic rings. The second-order valence-corrected chi connectivity index (χ2v) is 7.17. The molecule has 0 amide bonds. The number of aromatic nitrogens is 2. The van der Waals surface area contributed by atoms with Crippen LogP contribution < -0.4 is 16.0 Å². The number of piperidine rings is 1. The van der Waals surface area contributed by atoms with Gasteiger partial charge >= 0.3 is 0 Å². The van der Waals surface area contributed by atoms with E-state index >= 15 is 0 Å². The van der Waals surface area contributed by atoms with E-state index in [9.17, 15) is 0 Å². The topological polar surface area (TPSA) is 67.1 Å². The highest BCUT2D eigenvalue weighted by atomic mass is 32.1. The third-order valence-electron chi connectivity index (χ3n) is 4.32. The second-order valence-electron chi connectivity index (χ2n) is 6.39. The molecule has 1 saturated heterocycles. The van der Waals surface area contributed by atoms with Gasteiger partial charge in [0.1, 0.15) is 5.82 Å². The maximum atomic E-state index is 5.76. The Kier molecular flexibility index (Phi) is 5.13. The van der Waals surface area contributed by atoms with Crippen molar-refractivity contribution in [1.82, 2.24) is 15.3 Å². The number of thiophene rings is 1. The van der Waals surface area contributed by atoms with Gasteiger partial charge in [0.05, 0.1) is 0 Å². The van der Waals surface area contributed by atoms with Crippen LogP contribution in [0.25, 0.3) is 0 Å². The number of nitrogens with two attached hydrogens (primary N) is 1. The van der Waals surface area contributed by atoms with Crippen molar-refractivity contribution in [2.24, 2.45) is 0 Å². The summed E-state index contributed by atoms with van der Waals surface area (Å²) in [7, 11) is 0. The maximum Gasteiger partial charge on any atom is 0.222 e. The fourth-order valence-corrected chi connectivity index (χ4v) is 3.92. The summed E-state index contributed by atoms with van der Waals surface area (Å²) in [5.74, 6) is 1.32. The van der Waals surface area contributed by atoms with E-state index in [0.29, 0.717) is 18.0 Å². The molecule has 0 unspecified atom stereocenters. The van der Waals surface area contributed by atoms with Crippen LogP contribution in [0.1, 0.15) is 31.0 Å². The molecule has 0 aromatic carbocycles. The summed E-state index contributed by atoms with van der Waals surface area (Å²) in [5.41, 5.74) is 8.12. The lowest BCUT2D eigenvalue weighted by Gasteiger charge is -2.34. The first-order valence-electron chi connectivity index (χ1n) is 8.23. The first-order valence-corrected chi connectivity index (χ1v) is 9.17. The van der Waals surface area contributed by atoms with Crippen LogP contribution in [-0.2, 0) is 6.42 Å². The van der Waals surface area contributed by atoms with Crippen LogP contribution in [-0.4, -0.2) is 35.1 Å². The highest BCUT2D eigenvalue weighted by molar-refractivity contribution is 7.07. The van der Waals surface area contributed by atoms with E-state index in [2.05, 4.69) is 43.9 Å². The molecule has 0 spiro atoms. The summed E-state index contributed by atoms with van der Waals surface area (Å²) in [6.45, 7) is 6.26. The van der Waals surface area contributed by atoms with E-state index in [1.807, 2.05) is 13.0 Å². The van der Waals surface area contributed by atoms with E-state index in [1.165, 1.54) is 5.56 Å². The van der Waals surface area contributed by atoms with Gasteiger partial charge in [0, 0.05) is 36.9 Å². The lowest BCUT2D eigenvalue weighted by atomic mass is 10.0. The molecule has 0 radical (unpaired) electrons. The number of nitrogens with zero attached hydrogens (tertiary/aromatic N) is 3. The van der Waals surface area contributed by atoms with E-state index < -0.39 is 0 Å². The Morgan fingerprint density at radius 3 is 2.83 bits per heavy atom. The van der Waals surface area contributed by atoms with Gasteiger partial charge in [0.25, 0.3) is 0 Å². The largest absolute Gasteiger partial charge is 0.368 e. The molecule has 5 nitrogen and oxygen atoms in total. The molecular formula is C17H25N5S. The van der Waals surface area contributed by atoms with E-state index in [0.717, 1.165) is 43.9 Å². The van der Waals surface area contributed by atoms with Gasteiger partial charge in [0.2, 0.25) is 5.95 Å². The average Bonchev–Trinajstić information content (AvgIpc) is 2.99. The van der Waals surface area contributed by atoms with Crippen LogP contribution in [0.2, 0.25) is 0 Å². The predicted octanol–water partition coefficient (Wildman–Crippen LogP) is 2.62. The van der Waals surface area contributed by atoms with E-state index in [-0.39, 0.29) is 0 Å². The summed E-state index contributed by atoms with van der Waals surface area (Å²) in [6, 6.07) is 5.33. The summed E-state index contributed by atoms with van der Waals surface area (Å²) in [6.07, 6.45) is 3.37. The fraction of sp³-hybridized carbons (Fsp3) is 0.529. The molecular weight excluding hydrogens is 306 g/mol. The standard InChI is InChI=1S/C17H25N5S/c1-12(9-14-5-8-23-11-14)19-15-3-6-22(7-4-15)16-10-13(2)20-17(18)21-16/h5,8,10-12,15,19H,3-4,6-7,9H2,1-2H3,(H2,18,20,21)/t12-/m0/s1. The summed E-state index contributed by atoms with van der Waals surface area (Å²) in [5, 5.41) is 8.16. The number of aryl methyl sites for hydroxylation is 1. The van der Waals surface area contributed by atoms with Crippen molar-refractivity contribution in [1.29, 1.82) is 0 Å². The summed E-state index contributed by atoms with van der Waals surface area (Å²) < 4.78 is 0. The molecule has 3 rings (SSSR count). The zero-order valence-electron chi connectivity index (χ0n) is 13.8. The monoisotopic (exact) mass is 331 g/mol. The smallest absolute Gasteiger partial charge is 0.222 e. The van der Waals surface area contributed by atoms with Crippen molar-refractivity contribution in [3.63, 3.8) is 0 Å². The Labute approximate surface area is 141 Å². The second kappa shape index (κ2) is 7.27. The molecule has 1 aliphatic heterocycles. The minimum atomic E-state index is 0.365. The number of hydrogen-bond donors (Lipinski definition) is 2. The maximum absolute atomic E-state index is 5.76. The van der Waals surface area contributed by atoms with Crippen molar-refractivity contribution in [3.8, 4) is 0 Å². The van der Waals surface area contributed by atoms with Gasteiger partial charge in [-0.2, -0.15) is 16.3 Å². The molecule has 3 heterocycles. The van der Waals surface area contributed by atoms with Crippen LogP contribution in [0.4, 0.5) is 11.8 Å². The Morgan fingerprint density at radius 1 is 1.39 bits per heavy atom. The van der Waals surface area contributed by atoms with E-state index in [4.69, 9.17) is 5.73 Å². The third-order valence-corrected chi connectivity index (χ3v) is 5.05. The molecule has 2 aromatic rings. The Hall–Kier alpha value is -1.66. The van der Waals surface area contributed by atoms with Gasteiger partial charge in [-0.3, -0.25) is 0 Å². The van der Waals surface area contributed by atoms with Crippen LogP contribution in [0.15, 0.2) is 22.9 Å². The zero-order valence-corrected chi connectivity index (χ0v) is 14.6. The van der Waals surface area contributed by atoms with Crippen LogP contribution in [0.5, 0.6) is 0 Å². The first-order chi connectivity index (χ1) is 11.1. The highest BCUT2D eigenvalue weighted by Crippen LogP contribution is 2.20. The normalized spacial score (nSPS) is 17.4. The Bertz CT molecular complexity index is 600. The van der Waals surface area contributed by atoms with Crippen LogP contribution in [0, 0.1) is 6.92 Å². The number of anilines is 2. The van der Waals surface area contributed by atoms with Gasteiger partial charge in [-0.25, -0.2) is 4.98 Å². The Morgan fingerprint density at radius 2 is 2.17 bits per heavy atom. The molecule has 0 saturated carbocycles.